The van der Waals surface area contributed by atoms with Crippen LogP contribution in [0.1, 0.15) is 24.2 Å². The maximum Gasteiger partial charge on any atom is 0.269 e. The number of hydrogen-bond acceptors (Lipinski definition) is 7. The number of carbonyl (C=O) groups is 2. The maximum absolute atomic E-state index is 12.3. The quantitative estimate of drug-likeness (QED) is 0.514. The van der Waals surface area contributed by atoms with E-state index in [2.05, 4.69) is 21.2 Å². The van der Waals surface area contributed by atoms with Gasteiger partial charge in [-0.05, 0) is 44.2 Å². The summed E-state index contributed by atoms with van der Waals surface area (Å²) in [6.07, 6.45) is 0. The van der Waals surface area contributed by atoms with E-state index in [1.54, 1.807) is 25.1 Å². The van der Waals surface area contributed by atoms with Gasteiger partial charge in [-0.25, -0.2) is 4.98 Å². The zero-order valence-corrected chi connectivity index (χ0v) is 17.1. The first-order valence-electron chi connectivity index (χ1n) is 9.05. The van der Waals surface area contributed by atoms with Crippen molar-refractivity contribution in [3.05, 3.63) is 48.0 Å². The molecule has 0 aliphatic heterocycles. The van der Waals surface area contributed by atoms with Gasteiger partial charge in [0.15, 0.2) is 16.6 Å². The van der Waals surface area contributed by atoms with Crippen LogP contribution in [0, 0.1) is 0 Å². The molecule has 0 aliphatic carbocycles. The lowest BCUT2D eigenvalue weighted by Crippen LogP contribution is -2.47. The summed E-state index contributed by atoms with van der Waals surface area (Å²) in [6.45, 7) is 4.03. The predicted molar refractivity (Wildman–Crippen MR) is 112 cm³/mol. The molecule has 8 nitrogen and oxygen atoms in total. The zero-order chi connectivity index (χ0) is 20.8. The van der Waals surface area contributed by atoms with Gasteiger partial charge in [0.25, 0.3) is 11.8 Å². The average Bonchev–Trinajstić information content (AvgIpc) is 3.14. The van der Waals surface area contributed by atoms with E-state index in [4.69, 9.17) is 9.47 Å². The molecule has 152 valence electrons. The Bertz CT molecular complexity index is 988. The molecule has 2 amide bonds. The second kappa shape index (κ2) is 9.24. The van der Waals surface area contributed by atoms with Gasteiger partial charge in [0.05, 0.1) is 23.9 Å². The highest BCUT2D eigenvalue weighted by Crippen LogP contribution is 2.28. The molecule has 29 heavy (non-hydrogen) atoms. The number of nitrogens with one attached hydrogen (secondary N) is 3. The maximum atomic E-state index is 12.3. The number of para-hydroxylation sites is 1. The van der Waals surface area contributed by atoms with Gasteiger partial charge in [-0.3, -0.25) is 20.4 Å². The summed E-state index contributed by atoms with van der Waals surface area (Å²) in [5.41, 5.74) is 6.02. The van der Waals surface area contributed by atoms with E-state index in [1.165, 1.54) is 18.4 Å². The van der Waals surface area contributed by atoms with Crippen LogP contribution in [-0.4, -0.2) is 36.6 Å². The summed E-state index contributed by atoms with van der Waals surface area (Å²) in [6, 6.07) is 11.9. The van der Waals surface area contributed by atoms with Crippen molar-refractivity contribution in [2.24, 2.45) is 0 Å². The molecule has 0 saturated carbocycles. The van der Waals surface area contributed by atoms with Crippen molar-refractivity contribution < 1.29 is 19.1 Å². The van der Waals surface area contributed by atoms with E-state index in [-0.39, 0.29) is 0 Å². The van der Waals surface area contributed by atoms with Crippen molar-refractivity contribution in [1.82, 2.24) is 15.8 Å². The number of rotatable bonds is 7. The summed E-state index contributed by atoms with van der Waals surface area (Å²) >= 11 is 1.46. The number of hydrazine groups is 1. The average molecular weight is 414 g/mol. The summed E-state index contributed by atoms with van der Waals surface area (Å²) in [5, 5.41) is 3.68. The first-order valence-corrected chi connectivity index (χ1v) is 9.86. The van der Waals surface area contributed by atoms with Gasteiger partial charge in [0.1, 0.15) is 6.04 Å². The van der Waals surface area contributed by atoms with Gasteiger partial charge in [-0.1, -0.05) is 23.5 Å². The normalized spacial score (nSPS) is 11.6. The number of hydrogen-bond donors (Lipinski definition) is 3. The lowest BCUT2D eigenvalue weighted by molar-refractivity contribution is -0.122. The third-order valence-electron chi connectivity index (χ3n) is 4.05. The number of carbonyl (C=O) groups excluding carboxylic acids is 2. The van der Waals surface area contributed by atoms with Gasteiger partial charge in [-0.15, -0.1) is 0 Å². The number of thiazole rings is 1. The number of fused-ring (bicyclic) bond motifs is 1. The molecule has 1 atom stereocenters. The van der Waals surface area contributed by atoms with Gasteiger partial charge < -0.3 is 14.8 Å². The van der Waals surface area contributed by atoms with Crippen LogP contribution in [0.2, 0.25) is 0 Å². The molecule has 3 aromatic rings. The molecule has 0 spiro atoms. The SMILES string of the molecule is CCOc1ccc(C(=O)NNC(=O)[C@H](C)Nc2nc3ccccc3s2)cc1OC. The number of anilines is 1. The van der Waals surface area contributed by atoms with Crippen molar-refractivity contribution in [2.75, 3.05) is 19.0 Å². The molecule has 3 rings (SSSR count). The van der Waals surface area contributed by atoms with Crippen LogP contribution in [0.3, 0.4) is 0 Å². The number of aromatic nitrogens is 1. The fraction of sp³-hybridized carbons (Fsp3) is 0.250. The van der Waals surface area contributed by atoms with Crippen molar-refractivity contribution >= 4 is 38.5 Å². The number of ether oxygens (including phenoxy) is 2. The highest BCUT2D eigenvalue weighted by atomic mass is 32.1. The molecule has 0 radical (unpaired) electrons. The minimum atomic E-state index is -0.592. The molecule has 2 aromatic carbocycles. The number of methoxy groups -OCH3 is 1. The number of nitrogens with zero attached hydrogens (tertiary/aromatic N) is 1. The van der Waals surface area contributed by atoms with Crippen LogP contribution < -0.4 is 25.6 Å². The van der Waals surface area contributed by atoms with Crippen molar-refractivity contribution in [3.8, 4) is 11.5 Å². The molecule has 0 bridgehead atoms. The van der Waals surface area contributed by atoms with Crippen LogP contribution in [0.4, 0.5) is 5.13 Å². The fourth-order valence-electron chi connectivity index (χ4n) is 2.57. The molecular weight excluding hydrogens is 392 g/mol. The zero-order valence-electron chi connectivity index (χ0n) is 16.3. The standard InChI is InChI=1S/C20H22N4O4S/c1-4-28-15-10-9-13(11-16(15)27-3)19(26)24-23-18(25)12(2)21-20-22-14-7-5-6-8-17(14)29-20/h5-12H,4H2,1-3H3,(H,21,22)(H,23,25)(H,24,26)/t12-/m0/s1. The van der Waals surface area contributed by atoms with Gasteiger partial charge in [-0.2, -0.15) is 0 Å². The molecule has 9 heteroatoms. The minimum Gasteiger partial charge on any atom is -0.493 e. The van der Waals surface area contributed by atoms with Gasteiger partial charge in [0, 0.05) is 5.56 Å². The van der Waals surface area contributed by atoms with E-state index in [0.29, 0.717) is 28.8 Å². The van der Waals surface area contributed by atoms with E-state index >= 15 is 0 Å². The molecule has 1 heterocycles. The van der Waals surface area contributed by atoms with E-state index < -0.39 is 17.9 Å². The highest BCUT2D eigenvalue weighted by molar-refractivity contribution is 7.22. The summed E-state index contributed by atoms with van der Waals surface area (Å²) in [7, 11) is 1.50. The van der Waals surface area contributed by atoms with E-state index in [1.807, 2.05) is 31.2 Å². The Hall–Kier alpha value is -3.33. The van der Waals surface area contributed by atoms with Crippen LogP contribution in [0.15, 0.2) is 42.5 Å². The summed E-state index contributed by atoms with van der Waals surface area (Å²) in [5.74, 6) is 0.128. The number of benzene rings is 2. The van der Waals surface area contributed by atoms with Gasteiger partial charge in [0.2, 0.25) is 0 Å². The van der Waals surface area contributed by atoms with Crippen molar-refractivity contribution in [1.29, 1.82) is 0 Å². The Morgan fingerprint density at radius 3 is 2.66 bits per heavy atom. The topological polar surface area (TPSA) is 102 Å². The molecular formula is C20H22N4O4S. The second-order valence-electron chi connectivity index (χ2n) is 6.09. The molecule has 0 aliphatic rings. The first kappa shape index (κ1) is 20.4. The van der Waals surface area contributed by atoms with Crippen LogP contribution in [-0.2, 0) is 4.79 Å². The van der Waals surface area contributed by atoms with E-state index in [0.717, 1.165) is 10.2 Å². The molecule has 3 N–H and O–H groups in total. The molecule has 0 saturated heterocycles. The lowest BCUT2D eigenvalue weighted by atomic mass is 10.2. The lowest BCUT2D eigenvalue weighted by Gasteiger charge is -2.14. The van der Waals surface area contributed by atoms with Crippen molar-refractivity contribution in [2.45, 2.75) is 19.9 Å². The Balaban J connectivity index is 1.57. The van der Waals surface area contributed by atoms with Crippen molar-refractivity contribution in [3.63, 3.8) is 0 Å². The van der Waals surface area contributed by atoms with Crippen LogP contribution >= 0.6 is 11.3 Å². The van der Waals surface area contributed by atoms with Crippen LogP contribution in [0.5, 0.6) is 11.5 Å². The molecule has 0 fully saturated rings. The monoisotopic (exact) mass is 414 g/mol. The first-order chi connectivity index (χ1) is 14.0. The largest absolute Gasteiger partial charge is 0.493 e. The van der Waals surface area contributed by atoms with Gasteiger partial charge >= 0.3 is 0 Å². The third-order valence-corrected chi connectivity index (χ3v) is 5.02. The fourth-order valence-corrected chi connectivity index (χ4v) is 3.52. The smallest absolute Gasteiger partial charge is 0.269 e. The number of amides is 2. The minimum absolute atomic E-state index is 0.331. The molecule has 0 unspecified atom stereocenters. The second-order valence-corrected chi connectivity index (χ2v) is 7.13. The molecule has 1 aromatic heterocycles. The highest BCUT2D eigenvalue weighted by Gasteiger charge is 2.17. The van der Waals surface area contributed by atoms with E-state index in [9.17, 15) is 9.59 Å². The Morgan fingerprint density at radius 1 is 1.14 bits per heavy atom. The van der Waals surface area contributed by atoms with Crippen LogP contribution in [0.25, 0.3) is 10.2 Å². The summed E-state index contributed by atoms with van der Waals surface area (Å²) < 4.78 is 11.7. The Morgan fingerprint density at radius 2 is 1.93 bits per heavy atom. The predicted octanol–water partition coefficient (Wildman–Crippen LogP) is 2.97. The Kier molecular flexibility index (Phi) is 6.50. The summed E-state index contributed by atoms with van der Waals surface area (Å²) in [4.78, 5) is 29.1. The Labute approximate surface area is 172 Å². The third kappa shape index (κ3) is 4.94.